The molecule has 1 aromatic carbocycles. The van der Waals surface area contributed by atoms with E-state index in [-0.39, 0.29) is 18.2 Å². The van der Waals surface area contributed by atoms with Crippen LogP contribution in [-0.2, 0) is 0 Å². The Labute approximate surface area is 126 Å². The van der Waals surface area contributed by atoms with Gasteiger partial charge in [0.05, 0.1) is 20.8 Å². The van der Waals surface area contributed by atoms with Crippen molar-refractivity contribution < 1.29 is 23.8 Å². The molecule has 1 heterocycles. The molecule has 8 nitrogen and oxygen atoms in total. The molecule has 4 N–H and O–H groups in total. The van der Waals surface area contributed by atoms with E-state index in [1.807, 2.05) is 0 Å². The Hall–Kier alpha value is -2.58. The average molecular weight is 307 g/mol. The number of aromatic nitrogens is 1. The summed E-state index contributed by atoms with van der Waals surface area (Å²) >= 11 is 0. The van der Waals surface area contributed by atoms with Gasteiger partial charge >= 0.3 is 0 Å². The first-order chi connectivity index (χ1) is 10.6. The number of oxazole rings is 1. The summed E-state index contributed by atoms with van der Waals surface area (Å²) in [7, 11) is 3.03. The van der Waals surface area contributed by atoms with Crippen LogP contribution in [0.1, 0.15) is 22.4 Å². The fourth-order valence-corrected chi connectivity index (χ4v) is 1.75. The maximum atomic E-state index is 12.1. The first-order valence-electron chi connectivity index (χ1n) is 6.44. The number of amides is 1. The number of anilines is 1. The molecule has 0 aliphatic carbocycles. The highest BCUT2D eigenvalue weighted by molar-refractivity contribution is 6.02. The van der Waals surface area contributed by atoms with Crippen molar-refractivity contribution >= 4 is 11.6 Å². The normalized spacial score (nSPS) is 11.8. The van der Waals surface area contributed by atoms with Crippen LogP contribution in [0.4, 0.5) is 5.69 Å². The molecule has 0 aliphatic heterocycles. The minimum Gasteiger partial charge on any atom is -0.493 e. The Morgan fingerprint density at radius 1 is 1.41 bits per heavy atom. The third kappa shape index (κ3) is 3.35. The summed E-state index contributed by atoms with van der Waals surface area (Å²) in [6, 6.07) is 4.20. The molecular weight excluding hydrogens is 290 g/mol. The van der Waals surface area contributed by atoms with Crippen LogP contribution in [0.15, 0.2) is 28.9 Å². The van der Waals surface area contributed by atoms with Crippen LogP contribution < -0.4 is 20.5 Å². The molecule has 1 atom stereocenters. The predicted octanol–water partition coefficient (Wildman–Crippen LogP) is 0.936. The van der Waals surface area contributed by atoms with Gasteiger partial charge in [-0.1, -0.05) is 0 Å². The monoisotopic (exact) mass is 307 g/mol. The lowest BCUT2D eigenvalue weighted by molar-refractivity contribution is 0.102. The van der Waals surface area contributed by atoms with E-state index in [4.69, 9.17) is 24.7 Å². The van der Waals surface area contributed by atoms with E-state index in [0.29, 0.717) is 17.2 Å². The molecule has 0 radical (unpaired) electrons. The molecule has 0 fully saturated rings. The number of benzene rings is 1. The maximum absolute atomic E-state index is 12.1. The molecule has 8 heteroatoms. The summed E-state index contributed by atoms with van der Waals surface area (Å²) in [5.74, 6) is 0.675. The number of ether oxygens (including phenoxy) is 2. The zero-order valence-electron chi connectivity index (χ0n) is 12.2. The molecular formula is C14H17N3O5. The molecule has 0 spiro atoms. The van der Waals surface area contributed by atoms with Crippen LogP contribution in [0.3, 0.4) is 0 Å². The molecule has 118 valence electrons. The van der Waals surface area contributed by atoms with Gasteiger partial charge < -0.3 is 30.0 Å². The average Bonchev–Trinajstić information content (AvgIpc) is 3.04. The number of carbonyl (C=O) groups excluding carboxylic acids is 1. The van der Waals surface area contributed by atoms with Gasteiger partial charge in [-0.25, -0.2) is 4.98 Å². The third-order valence-electron chi connectivity index (χ3n) is 2.91. The van der Waals surface area contributed by atoms with E-state index in [1.165, 1.54) is 20.5 Å². The lowest BCUT2D eigenvalue weighted by Gasteiger charge is -2.09. The van der Waals surface area contributed by atoms with Crippen LogP contribution >= 0.6 is 0 Å². The summed E-state index contributed by atoms with van der Waals surface area (Å²) in [6.07, 6.45) is 1.18. The molecule has 1 aromatic heterocycles. The third-order valence-corrected chi connectivity index (χ3v) is 2.91. The van der Waals surface area contributed by atoms with Gasteiger partial charge in [0.2, 0.25) is 5.89 Å². The van der Waals surface area contributed by atoms with Crippen LogP contribution in [0, 0.1) is 0 Å². The molecule has 1 amide bonds. The predicted molar refractivity (Wildman–Crippen MR) is 78.0 cm³/mol. The first kappa shape index (κ1) is 15.8. The van der Waals surface area contributed by atoms with Gasteiger partial charge in [0.15, 0.2) is 17.2 Å². The summed E-state index contributed by atoms with van der Waals surface area (Å²) in [6.45, 7) is -0.322. The Kier molecular flexibility index (Phi) is 4.97. The summed E-state index contributed by atoms with van der Waals surface area (Å²) < 4.78 is 15.3. The minimum atomic E-state index is -0.761. The van der Waals surface area contributed by atoms with Crippen molar-refractivity contribution in [1.29, 1.82) is 0 Å². The smallest absolute Gasteiger partial charge is 0.277 e. The van der Waals surface area contributed by atoms with E-state index in [0.717, 1.165) is 0 Å². The van der Waals surface area contributed by atoms with Crippen molar-refractivity contribution in [2.75, 3.05) is 26.1 Å². The fraction of sp³-hybridized carbons (Fsp3) is 0.286. The molecule has 1 unspecified atom stereocenters. The number of methoxy groups -OCH3 is 2. The Bertz CT molecular complexity index is 656. The van der Waals surface area contributed by atoms with E-state index in [2.05, 4.69) is 10.3 Å². The zero-order chi connectivity index (χ0) is 16.1. The van der Waals surface area contributed by atoms with Crippen LogP contribution in [-0.4, -0.2) is 36.8 Å². The SMILES string of the molecule is COc1ccc(NC(=O)c2coc(C(N)CO)n2)cc1OC. The number of aliphatic hydroxyl groups excluding tert-OH is 1. The van der Waals surface area contributed by atoms with E-state index < -0.39 is 11.9 Å². The highest BCUT2D eigenvalue weighted by atomic mass is 16.5. The van der Waals surface area contributed by atoms with Crippen molar-refractivity contribution in [1.82, 2.24) is 4.98 Å². The maximum Gasteiger partial charge on any atom is 0.277 e. The zero-order valence-corrected chi connectivity index (χ0v) is 12.2. The number of aliphatic hydroxyl groups is 1. The fourth-order valence-electron chi connectivity index (χ4n) is 1.75. The Morgan fingerprint density at radius 3 is 2.77 bits per heavy atom. The molecule has 2 rings (SSSR count). The molecule has 0 saturated carbocycles. The van der Waals surface area contributed by atoms with Crippen molar-refractivity contribution in [2.45, 2.75) is 6.04 Å². The summed E-state index contributed by atoms with van der Waals surface area (Å²) in [4.78, 5) is 16.0. The molecule has 0 aliphatic rings. The quantitative estimate of drug-likeness (QED) is 0.726. The van der Waals surface area contributed by atoms with Gasteiger partial charge in [-0.2, -0.15) is 0 Å². The van der Waals surface area contributed by atoms with Crippen LogP contribution in [0.25, 0.3) is 0 Å². The molecule has 22 heavy (non-hydrogen) atoms. The molecule has 2 aromatic rings. The number of nitrogens with zero attached hydrogens (tertiary/aromatic N) is 1. The highest BCUT2D eigenvalue weighted by Gasteiger charge is 2.17. The van der Waals surface area contributed by atoms with Gasteiger partial charge in [-0.3, -0.25) is 4.79 Å². The van der Waals surface area contributed by atoms with Gasteiger partial charge in [0.1, 0.15) is 12.3 Å². The second-order valence-electron chi connectivity index (χ2n) is 4.38. The Balaban J connectivity index is 2.13. The molecule has 0 bridgehead atoms. The standard InChI is InChI=1S/C14H17N3O5/c1-20-11-4-3-8(5-12(11)21-2)16-13(19)10-7-22-14(17-10)9(15)6-18/h3-5,7,9,18H,6,15H2,1-2H3,(H,16,19). The second kappa shape index (κ2) is 6.92. The van der Waals surface area contributed by atoms with Gasteiger partial charge in [-0.05, 0) is 12.1 Å². The van der Waals surface area contributed by atoms with E-state index in [9.17, 15) is 4.79 Å². The topological polar surface area (TPSA) is 120 Å². The number of nitrogens with one attached hydrogen (secondary N) is 1. The Morgan fingerprint density at radius 2 is 2.14 bits per heavy atom. The molecule has 0 saturated heterocycles. The number of hydrogen-bond donors (Lipinski definition) is 3. The second-order valence-corrected chi connectivity index (χ2v) is 4.38. The number of rotatable bonds is 6. The lowest BCUT2D eigenvalue weighted by Crippen LogP contribution is -2.16. The van der Waals surface area contributed by atoms with Crippen molar-refractivity contribution in [2.24, 2.45) is 5.73 Å². The van der Waals surface area contributed by atoms with Crippen molar-refractivity contribution in [3.63, 3.8) is 0 Å². The highest BCUT2D eigenvalue weighted by Crippen LogP contribution is 2.29. The minimum absolute atomic E-state index is 0.0636. The summed E-state index contributed by atoms with van der Waals surface area (Å²) in [5.41, 5.74) is 6.14. The lowest BCUT2D eigenvalue weighted by atomic mass is 10.2. The van der Waals surface area contributed by atoms with Crippen molar-refractivity contribution in [3.8, 4) is 11.5 Å². The van der Waals surface area contributed by atoms with Crippen LogP contribution in [0.2, 0.25) is 0 Å². The van der Waals surface area contributed by atoms with E-state index >= 15 is 0 Å². The van der Waals surface area contributed by atoms with Gasteiger partial charge in [0.25, 0.3) is 5.91 Å². The van der Waals surface area contributed by atoms with E-state index in [1.54, 1.807) is 18.2 Å². The number of hydrogen-bond acceptors (Lipinski definition) is 7. The van der Waals surface area contributed by atoms with Crippen LogP contribution in [0.5, 0.6) is 11.5 Å². The number of nitrogens with two attached hydrogens (primary N) is 1. The van der Waals surface area contributed by atoms with Crippen molar-refractivity contribution in [3.05, 3.63) is 36.0 Å². The number of carbonyl (C=O) groups is 1. The first-order valence-corrected chi connectivity index (χ1v) is 6.44. The summed E-state index contributed by atoms with van der Waals surface area (Å²) in [5, 5.41) is 11.6. The largest absolute Gasteiger partial charge is 0.493 e. The van der Waals surface area contributed by atoms with Gasteiger partial charge in [-0.15, -0.1) is 0 Å². The van der Waals surface area contributed by atoms with Gasteiger partial charge in [0, 0.05) is 11.8 Å².